The zero-order valence-electron chi connectivity index (χ0n) is 11.9. The van der Waals surface area contributed by atoms with Crippen molar-refractivity contribution in [3.8, 4) is 0 Å². The van der Waals surface area contributed by atoms with E-state index in [0.29, 0.717) is 12.0 Å². The summed E-state index contributed by atoms with van der Waals surface area (Å²) in [4.78, 5) is 0. The molecule has 2 fully saturated rings. The zero-order chi connectivity index (χ0) is 14.0. The van der Waals surface area contributed by atoms with Gasteiger partial charge in [0.1, 0.15) is 0 Å². The summed E-state index contributed by atoms with van der Waals surface area (Å²) < 4.78 is 0. The van der Waals surface area contributed by atoms with Gasteiger partial charge in [0.2, 0.25) is 0 Å². The lowest BCUT2D eigenvalue weighted by Crippen LogP contribution is -2.49. The third-order valence-corrected chi connectivity index (χ3v) is 5.20. The van der Waals surface area contributed by atoms with Gasteiger partial charge in [-0.2, -0.15) is 0 Å². The molecule has 2 aliphatic rings. The minimum Gasteiger partial charge on any atom is -0.389 e. The Labute approximate surface area is 126 Å². The first-order valence-electron chi connectivity index (χ1n) is 7.86. The maximum atomic E-state index is 10.5. The topological polar surface area (TPSA) is 32.3 Å². The molecule has 0 heterocycles. The number of halogens is 1. The third-order valence-electron chi connectivity index (χ3n) is 4.96. The van der Waals surface area contributed by atoms with E-state index < -0.39 is 5.60 Å². The van der Waals surface area contributed by atoms with Crippen molar-refractivity contribution in [3.05, 3.63) is 34.9 Å². The molecule has 0 radical (unpaired) electrons. The molecule has 1 aromatic carbocycles. The summed E-state index contributed by atoms with van der Waals surface area (Å²) in [6.07, 6.45) is 7.88. The van der Waals surface area contributed by atoms with Crippen molar-refractivity contribution < 1.29 is 5.11 Å². The van der Waals surface area contributed by atoms with Crippen LogP contribution in [-0.2, 0) is 0 Å². The Morgan fingerprint density at radius 1 is 1.20 bits per heavy atom. The van der Waals surface area contributed by atoms with E-state index in [1.807, 2.05) is 12.1 Å². The molecule has 0 spiro atoms. The van der Waals surface area contributed by atoms with Gasteiger partial charge >= 0.3 is 0 Å². The molecule has 1 aromatic rings. The standard InChI is InChI=1S/C17H24ClNO/c18-15-6-4-5-13(9-15)14-10-16(11-14)19-12-17(20)7-2-1-3-8-17/h4-6,9,14,16,19-20H,1-3,7-8,10-12H2. The highest BCUT2D eigenvalue weighted by Crippen LogP contribution is 2.38. The van der Waals surface area contributed by atoms with Gasteiger partial charge in [0.25, 0.3) is 0 Å². The average Bonchev–Trinajstić information content (AvgIpc) is 2.38. The smallest absolute Gasteiger partial charge is 0.0771 e. The SMILES string of the molecule is OC1(CNC2CC(c3cccc(Cl)c3)C2)CCCCC1. The van der Waals surface area contributed by atoms with E-state index in [0.717, 1.165) is 37.3 Å². The first kappa shape index (κ1) is 14.4. The van der Waals surface area contributed by atoms with Crippen molar-refractivity contribution in [2.24, 2.45) is 0 Å². The lowest BCUT2D eigenvalue weighted by Gasteiger charge is -2.40. The number of hydrogen-bond acceptors (Lipinski definition) is 2. The van der Waals surface area contributed by atoms with Crippen LogP contribution < -0.4 is 5.32 Å². The molecule has 0 bridgehead atoms. The minimum atomic E-state index is -0.445. The molecule has 2 nitrogen and oxygen atoms in total. The number of rotatable bonds is 4. The first-order valence-corrected chi connectivity index (χ1v) is 8.24. The Morgan fingerprint density at radius 3 is 2.65 bits per heavy atom. The summed E-state index contributed by atoms with van der Waals surface area (Å²) in [5.41, 5.74) is 0.909. The van der Waals surface area contributed by atoms with Crippen LogP contribution in [-0.4, -0.2) is 23.3 Å². The van der Waals surface area contributed by atoms with Crippen molar-refractivity contribution in [2.45, 2.75) is 62.5 Å². The molecule has 0 unspecified atom stereocenters. The largest absolute Gasteiger partial charge is 0.389 e. The van der Waals surface area contributed by atoms with Crippen LogP contribution in [0.15, 0.2) is 24.3 Å². The molecule has 0 saturated heterocycles. The fourth-order valence-corrected chi connectivity index (χ4v) is 3.74. The van der Waals surface area contributed by atoms with Crippen LogP contribution in [0.2, 0.25) is 5.02 Å². The van der Waals surface area contributed by atoms with E-state index in [1.165, 1.54) is 24.8 Å². The second-order valence-electron chi connectivity index (χ2n) is 6.59. The molecule has 2 aliphatic carbocycles. The summed E-state index contributed by atoms with van der Waals surface area (Å²) in [5, 5.41) is 14.9. The first-order chi connectivity index (χ1) is 9.65. The van der Waals surface area contributed by atoms with Gasteiger partial charge in [-0.3, -0.25) is 0 Å². The van der Waals surface area contributed by atoms with Crippen molar-refractivity contribution in [3.63, 3.8) is 0 Å². The second kappa shape index (κ2) is 6.05. The van der Waals surface area contributed by atoms with Gasteiger partial charge in [-0.05, 0) is 49.3 Å². The van der Waals surface area contributed by atoms with E-state index in [2.05, 4.69) is 17.4 Å². The van der Waals surface area contributed by atoms with E-state index in [4.69, 9.17) is 11.6 Å². The van der Waals surface area contributed by atoms with Gasteiger partial charge in [0.05, 0.1) is 5.60 Å². The van der Waals surface area contributed by atoms with Crippen LogP contribution in [0.4, 0.5) is 0 Å². The lowest BCUT2D eigenvalue weighted by atomic mass is 9.75. The van der Waals surface area contributed by atoms with Crippen LogP contribution in [0.3, 0.4) is 0 Å². The summed E-state index contributed by atoms with van der Waals surface area (Å²) >= 11 is 6.04. The summed E-state index contributed by atoms with van der Waals surface area (Å²) in [6, 6.07) is 8.77. The quantitative estimate of drug-likeness (QED) is 0.883. The molecule has 0 amide bonds. The van der Waals surface area contributed by atoms with Crippen LogP contribution in [0.5, 0.6) is 0 Å². The Morgan fingerprint density at radius 2 is 1.95 bits per heavy atom. The fraction of sp³-hybridized carbons (Fsp3) is 0.647. The monoisotopic (exact) mass is 293 g/mol. The van der Waals surface area contributed by atoms with E-state index in [9.17, 15) is 5.11 Å². The van der Waals surface area contributed by atoms with Crippen LogP contribution >= 0.6 is 11.6 Å². The van der Waals surface area contributed by atoms with Crippen molar-refractivity contribution in [1.82, 2.24) is 5.32 Å². The van der Waals surface area contributed by atoms with Gasteiger partial charge in [-0.25, -0.2) is 0 Å². The van der Waals surface area contributed by atoms with Crippen LogP contribution in [0, 0.1) is 0 Å². The predicted molar refractivity (Wildman–Crippen MR) is 83.3 cm³/mol. The lowest BCUT2D eigenvalue weighted by molar-refractivity contribution is -0.000285. The maximum Gasteiger partial charge on any atom is 0.0771 e. The van der Waals surface area contributed by atoms with Crippen LogP contribution in [0.1, 0.15) is 56.4 Å². The highest BCUT2D eigenvalue weighted by molar-refractivity contribution is 6.30. The number of aliphatic hydroxyl groups is 1. The minimum absolute atomic E-state index is 0.445. The van der Waals surface area contributed by atoms with Gasteiger partial charge in [0.15, 0.2) is 0 Å². The highest BCUT2D eigenvalue weighted by atomic mass is 35.5. The third kappa shape index (κ3) is 3.36. The van der Waals surface area contributed by atoms with Gasteiger partial charge in [0, 0.05) is 17.6 Å². The molecule has 20 heavy (non-hydrogen) atoms. The molecule has 2 N–H and O–H groups in total. The number of nitrogens with one attached hydrogen (secondary N) is 1. The highest BCUT2D eigenvalue weighted by Gasteiger charge is 2.34. The van der Waals surface area contributed by atoms with Crippen molar-refractivity contribution >= 4 is 11.6 Å². The molecule has 110 valence electrons. The van der Waals surface area contributed by atoms with Crippen molar-refractivity contribution in [1.29, 1.82) is 0 Å². The van der Waals surface area contributed by atoms with Crippen molar-refractivity contribution in [2.75, 3.05) is 6.54 Å². The molecule has 0 atom stereocenters. The Hall–Kier alpha value is -0.570. The second-order valence-corrected chi connectivity index (χ2v) is 7.02. The molecule has 3 heteroatoms. The molecule has 0 aromatic heterocycles. The average molecular weight is 294 g/mol. The molecule has 2 saturated carbocycles. The molecular formula is C17H24ClNO. The summed E-state index contributed by atoms with van der Waals surface area (Å²) in [6.45, 7) is 0.764. The van der Waals surface area contributed by atoms with Gasteiger partial charge in [-0.1, -0.05) is 43.0 Å². The number of hydrogen-bond donors (Lipinski definition) is 2. The van der Waals surface area contributed by atoms with E-state index >= 15 is 0 Å². The molecule has 3 rings (SSSR count). The number of benzene rings is 1. The molecule has 0 aliphatic heterocycles. The maximum absolute atomic E-state index is 10.5. The van der Waals surface area contributed by atoms with E-state index in [-0.39, 0.29) is 0 Å². The summed E-state index contributed by atoms with van der Waals surface area (Å²) in [5.74, 6) is 0.632. The zero-order valence-corrected chi connectivity index (χ0v) is 12.7. The Kier molecular flexibility index (Phi) is 4.34. The van der Waals surface area contributed by atoms with Crippen LogP contribution in [0.25, 0.3) is 0 Å². The fourth-order valence-electron chi connectivity index (χ4n) is 3.54. The van der Waals surface area contributed by atoms with Gasteiger partial charge < -0.3 is 10.4 Å². The Bertz CT molecular complexity index is 450. The Balaban J connectivity index is 1.44. The normalized spacial score (nSPS) is 28.9. The molecular weight excluding hydrogens is 270 g/mol. The van der Waals surface area contributed by atoms with Gasteiger partial charge in [-0.15, -0.1) is 0 Å². The summed E-state index contributed by atoms with van der Waals surface area (Å²) in [7, 11) is 0. The predicted octanol–water partition coefficient (Wildman–Crippen LogP) is 3.87. The van der Waals surface area contributed by atoms with E-state index in [1.54, 1.807) is 0 Å².